The minimum absolute atomic E-state index is 0.0162. The molecule has 1 aromatic carbocycles. The molecule has 0 aliphatic heterocycles. The van der Waals surface area contributed by atoms with E-state index in [9.17, 15) is 10.0 Å². The summed E-state index contributed by atoms with van der Waals surface area (Å²) in [4.78, 5) is 25.5. The van der Waals surface area contributed by atoms with Crippen LogP contribution < -0.4 is 20.8 Å². The molecule has 2 atom stereocenters. The zero-order valence-corrected chi connectivity index (χ0v) is 19.0. The van der Waals surface area contributed by atoms with Crippen molar-refractivity contribution in [2.45, 2.75) is 39.2 Å². The van der Waals surface area contributed by atoms with Crippen LogP contribution in [0.4, 0.5) is 11.5 Å². The maximum atomic E-state index is 12.6. The highest BCUT2D eigenvalue weighted by atomic mass is 32.1. The van der Waals surface area contributed by atoms with Gasteiger partial charge < -0.3 is 15.5 Å². The molecule has 0 saturated heterocycles. The fourth-order valence-electron chi connectivity index (χ4n) is 4.04. The lowest BCUT2D eigenvalue weighted by Crippen LogP contribution is -3.18. The van der Waals surface area contributed by atoms with E-state index in [-0.39, 0.29) is 16.1 Å². The summed E-state index contributed by atoms with van der Waals surface area (Å²) in [6.45, 7) is 4.92. The largest absolute Gasteiger partial charge is 0.613 e. The average molecular weight is 457 g/mol. The summed E-state index contributed by atoms with van der Waals surface area (Å²) in [6.07, 6.45) is 4.01. The third-order valence-electron chi connectivity index (χ3n) is 5.58. The average Bonchev–Trinajstić information content (AvgIpc) is 3.30. The molecule has 3 aromatic heterocycles. The Morgan fingerprint density at radius 3 is 3.03 bits per heavy atom. The Hall–Kier alpha value is -2.37. The van der Waals surface area contributed by atoms with Crippen molar-refractivity contribution in [1.82, 2.24) is 20.4 Å². The number of H-pyrrole nitrogens is 1. The Kier molecular flexibility index (Phi) is 5.49. The second-order valence-electron chi connectivity index (χ2n) is 8.34. The number of aryl methyl sites for hydroxylation is 1. The van der Waals surface area contributed by atoms with Crippen LogP contribution >= 0.6 is 22.7 Å². The second-order valence-corrected chi connectivity index (χ2v) is 10.4. The Morgan fingerprint density at radius 1 is 1.32 bits per heavy atom. The van der Waals surface area contributed by atoms with Crippen LogP contribution in [0, 0.1) is 11.1 Å². The summed E-state index contributed by atoms with van der Waals surface area (Å²) in [5, 5.41) is 17.2. The topological polar surface area (TPSA) is 110 Å². The van der Waals surface area contributed by atoms with Crippen molar-refractivity contribution in [2.24, 2.45) is 5.92 Å². The number of quaternary nitrogens is 1. The quantitative estimate of drug-likeness (QED) is 0.332. The Labute approximate surface area is 186 Å². The van der Waals surface area contributed by atoms with Gasteiger partial charge in [0.1, 0.15) is 23.0 Å². The highest BCUT2D eigenvalue weighted by molar-refractivity contribution is 7.19. The van der Waals surface area contributed by atoms with E-state index in [2.05, 4.69) is 39.5 Å². The normalized spacial score (nSPS) is 17.4. The van der Waals surface area contributed by atoms with Crippen LogP contribution in [-0.4, -0.2) is 27.5 Å². The van der Waals surface area contributed by atoms with Gasteiger partial charge in [-0.25, -0.2) is 9.97 Å². The Balaban J connectivity index is 1.43. The zero-order chi connectivity index (χ0) is 21.5. The molecule has 10 heteroatoms. The van der Waals surface area contributed by atoms with Crippen molar-refractivity contribution in [3.63, 3.8) is 0 Å². The van der Waals surface area contributed by atoms with Gasteiger partial charge in [-0.15, -0.1) is 11.3 Å². The van der Waals surface area contributed by atoms with Gasteiger partial charge in [0.15, 0.2) is 0 Å². The third kappa shape index (κ3) is 4.09. The first-order valence-electron chi connectivity index (χ1n) is 10.4. The highest BCUT2D eigenvalue weighted by Gasteiger charge is 2.28. The van der Waals surface area contributed by atoms with Crippen LogP contribution in [0.3, 0.4) is 0 Å². The minimum atomic E-state index is -0.0598. The van der Waals surface area contributed by atoms with E-state index in [1.165, 1.54) is 21.8 Å². The summed E-state index contributed by atoms with van der Waals surface area (Å²) in [5.41, 5.74) is 6.05. The van der Waals surface area contributed by atoms with Crippen LogP contribution in [0.15, 0.2) is 29.3 Å². The first-order valence-corrected chi connectivity index (χ1v) is 12.0. The molecule has 1 aliphatic rings. The van der Waals surface area contributed by atoms with E-state index >= 15 is 0 Å². The lowest BCUT2D eigenvalue weighted by atomic mass is 9.93. The van der Waals surface area contributed by atoms with Gasteiger partial charge in [0.25, 0.3) is 0 Å². The summed E-state index contributed by atoms with van der Waals surface area (Å²) >= 11 is 2.85. The van der Waals surface area contributed by atoms with E-state index in [4.69, 9.17) is 0 Å². The number of aromatic nitrogens is 3. The molecule has 0 spiro atoms. The first kappa shape index (κ1) is 20.5. The van der Waals surface area contributed by atoms with E-state index < -0.39 is 0 Å². The fraction of sp³-hybridized carbons (Fsp3) is 0.381. The number of benzene rings is 1. The van der Waals surface area contributed by atoms with Gasteiger partial charge in [-0.2, -0.15) is 5.43 Å². The predicted molar refractivity (Wildman–Crippen MR) is 126 cm³/mol. The molecule has 0 radical (unpaired) electrons. The predicted octanol–water partition coefficient (Wildman–Crippen LogP) is 2.74. The van der Waals surface area contributed by atoms with Crippen molar-refractivity contribution >= 4 is 54.6 Å². The standard InChI is InChI=1S/C21H24N6O2S2/c1-11(2)9-24-27(29)13-4-5-14-16(8-13)30-20-18(14)19(22-10-23-20)25-12-3-6-15-17(7-12)31-21(28)26-15/h3,6-7,10-11,13,24,27H,4-5,8-9H2,1-2H3,(H,26,28)(H,22,23,25). The number of anilines is 2. The van der Waals surface area contributed by atoms with Gasteiger partial charge in [0.05, 0.1) is 15.6 Å². The van der Waals surface area contributed by atoms with Crippen molar-refractivity contribution in [1.29, 1.82) is 0 Å². The molecule has 0 amide bonds. The number of thiazole rings is 1. The third-order valence-corrected chi connectivity index (χ3v) is 7.59. The van der Waals surface area contributed by atoms with Gasteiger partial charge in [-0.05, 0) is 36.1 Å². The van der Waals surface area contributed by atoms with Crippen LogP contribution in [0.25, 0.3) is 20.4 Å². The molecule has 1 aliphatic carbocycles. The minimum Gasteiger partial charge on any atom is -0.613 e. The van der Waals surface area contributed by atoms with E-state index in [1.807, 2.05) is 18.2 Å². The van der Waals surface area contributed by atoms with Gasteiger partial charge in [-0.3, -0.25) is 9.97 Å². The van der Waals surface area contributed by atoms with Gasteiger partial charge >= 0.3 is 4.87 Å². The van der Waals surface area contributed by atoms with E-state index in [1.54, 1.807) is 17.7 Å². The van der Waals surface area contributed by atoms with Crippen molar-refractivity contribution in [3.05, 3.63) is 49.8 Å². The number of aromatic amines is 1. The lowest BCUT2D eigenvalue weighted by Gasteiger charge is -2.33. The van der Waals surface area contributed by atoms with Crippen LogP contribution in [-0.2, 0) is 12.8 Å². The van der Waals surface area contributed by atoms with Crippen LogP contribution in [0.2, 0.25) is 0 Å². The molecule has 4 N–H and O–H groups in total. The van der Waals surface area contributed by atoms with Crippen molar-refractivity contribution in [3.8, 4) is 0 Å². The van der Waals surface area contributed by atoms with Crippen LogP contribution in [0.1, 0.15) is 30.7 Å². The molecule has 0 fully saturated rings. The number of nitrogens with zero attached hydrogens (tertiary/aromatic N) is 2. The molecule has 31 heavy (non-hydrogen) atoms. The molecular weight excluding hydrogens is 432 g/mol. The fourth-order valence-corrected chi connectivity index (χ4v) is 6.08. The second kappa shape index (κ2) is 8.29. The number of hydroxylamine groups is 1. The number of nitrogens with one attached hydrogen (secondary N) is 4. The molecule has 3 heterocycles. The molecule has 2 unspecified atom stereocenters. The summed E-state index contributed by atoms with van der Waals surface area (Å²) in [6, 6.07) is 5.81. The zero-order valence-electron chi connectivity index (χ0n) is 17.3. The van der Waals surface area contributed by atoms with Crippen LogP contribution in [0.5, 0.6) is 0 Å². The van der Waals surface area contributed by atoms with E-state index in [0.29, 0.717) is 12.5 Å². The molecule has 0 bridgehead atoms. The molecule has 8 nitrogen and oxygen atoms in total. The number of hydrogen-bond donors (Lipinski definition) is 4. The monoisotopic (exact) mass is 456 g/mol. The SMILES string of the molecule is CC(C)CN[NH+]([O-])C1CCc2c(sc3ncnc(Nc4ccc5[nH]c(=O)sc5c4)c23)C1. The van der Waals surface area contributed by atoms with Crippen molar-refractivity contribution in [2.75, 3.05) is 11.9 Å². The Morgan fingerprint density at radius 2 is 2.19 bits per heavy atom. The maximum Gasteiger partial charge on any atom is 0.305 e. The molecule has 0 saturated carbocycles. The highest BCUT2D eigenvalue weighted by Crippen LogP contribution is 2.38. The summed E-state index contributed by atoms with van der Waals surface area (Å²) < 4.78 is 0.905. The maximum absolute atomic E-state index is 12.6. The van der Waals surface area contributed by atoms with E-state index in [0.717, 1.165) is 51.2 Å². The van der Waals surface area contributed by atoms with Gasteiger partial charge in [0.2, 0.25) is 0 Å². The smallest absolute Gasteiger partial charge is 0.305 e. The lowest BCUT2D eigenvalue weighted by molar-refractivity contribution is -0.922. The number of thiophene rings is 1. The molecule has 5 rings (SSSR count). The first-order chi connectivity index (χ1) is 15.0. The number of rotatable bonds is 6. The van der Waals surface area contributed by atoms with Crippen molar-refractivity contribution < 1.29 is 5.17 Å². The summed E-state index contributed by atoms with van der Waals surface area (Å²) in [7, 11) is 0. The summed E-state index contributed by atoms with van der Waals surface area (Å²) in [5.74, 6) is 1.22. The number of hydrogen-bond acceptors (Lipinski definition) is 8. The Bertz CT molecular complexity index is 1290. The molecular formula is C21H24N6O2S2. The molecule has 162 valence electrons. The molecule has 4 aromatic rings. The van der Waals surface area contributed by atoms with Gasteiger partial charge in [-0.1, -0.05) is 25.2 Å². The van der Waals surface area contributed by atoms with Gasteiger partial charge in [0, 0.05) is 30.0 Å². The number of fused-ring (bicyclic) bond motifs is 4.